The van der Waals surface area contributed by atoms with Gasteiger partial charge >= 0.3 is 0 Å². The van der Waals surface area contributed by atoms with Crippen molar-refractivity contribution in [2.75, 3.05) is 17.7 Å². The molecule has 0 aliphatic rings. The molecule has 0 spiro atoms. The Kier molecular flexibility index (Phi) is 5.33. The Balaban J connectivity index is 2.28. The summed E-state index contributed by atoms with van der Waals surface area (Å²) in [5, 5.41) is 5.25. The third-order valence-electron chi connectivity index (χ3n) is 2.95. The van der Waals surface area contributed by atoms with Gasteiger partial charge in [-0.3, -0.25) is 9.59 Å². The van der Waals surface area contributed by atoms with Crippen LogP contribution in [0.3, 0.4) is 0 Å². The molecule has 0 fully saturated rings. The predicted molar refractivity (Wildman–Crippen MR) is 89.4 cm³/mol. The molecule has 23 heavy (non-hydrogen) atoms. The highest BCUT2D eigenvalue weighted by molar-refractivity contribution is 9.10. The molecule has 0 atom stereocenters. The standard InChI is InChI=1S/C16H14BrFN2O3/c1-9(21)19-11-4-6-15(23-2)14(8-11)20-16(22)10-3-5-12(17)13(18)7-10/h3-8H,1-2H3,(H,19,21)(H,20,22). The first-order chi connectivity index (χ1) is 10.9. The van der Waals surface area contributed by atoms with Gasteiger partial charge in [0.15, 0.2) is 0 Å². The van der Waals surface area contributed by atoms with Crippen LogP contribution in [0.25, 0.3) is 0 Å². The lowest BCUT2D eigenvalue weighted by molar-refractivity contribution is -0.114. The first-order valence-corrected chi connectivity index (χ1v) is 7.42. The van der Waals surface area contributed by atoms with Crippen LogP contribution in [0.15, 0.2) is 40.9 Å². The molecule has 2 N–H and O–H groups in total. The molecule has 0 radical (unpaired) electrons. The zero-order chi connectivity index (χ0) is 17.0. The fourth-order valence-corrected chi connectivity index (χ4v) is 2.17. The largest absolute Gasteiger partial charge is 0.495 e. The monoisotopic (exact) mass is 380 g/mol. The minimum Gasteiger partial charge on any atom is -0.495 e. The van der Waals surface area contributed by atoms with Crippen LogP contribution in [0.1, 0.15) is 17.3 Å². The van der Waals surface area contributed by atoms with Gasteiger partial charge in [-0.25, -0.2) is 4.39 Å². The molecule has 2 amide bonds. The molecule has 7 heteroatoms. The Hall–Kier alpha value is -2.41. The van der Waals surface area contributed by atoms with E-state index in [9.17, 15) is 14.0 Å². The van der Waals surface area contributed by atoms with Gasteiger partial charge in [0, 0.05) is 18.2 Å². The number of amides is 2. The van der Waals surface area contributed by atoms with E-state index in [1.807, 2.05) is 0 Å². The summed E-state index contributed by atoms with van der Waals surface area (Å²) in [6.07, 6.45) is 0. The van der Waals surface area contributed by atoms with Crippen LogP contribution in [0.5, 0.6) is 5.75 Å². The topological polar surface area (TPSA) is 67.4 Å². The molecule has 0 aliphatic heterocycles. The van der Waals surface area contributed by atoms with E-state index < -0.39 is 11.7 Å². The summed E-state index contributed by atoms with van der Waals surface area (Å²) in [7, 11) is 1.46. The van der Waals surface area contributed by atoms with E-state index in [1.54, 1.807) is 18.2 Å². The fraction of sp³-hybridized carbons (Fsp3) is 0.125. The van der Waals surface area contributed by atoms with Gasteiger partial charge < -0.3 is 15.4 Å². The number of rotatable bonds is 4. The fourth-order valence-electron chi connectivity index (χ4n) is 1.92. The number of carbonyl (C=O) groups is 2. The second kappa shape index (κ2) is 7.23. The lowest BCUT2D eigenvalue weighted by Gasteiger charge is -2.12. The van der Waals surface area contributed by atoms with Crippen molar-refractivity contribution in [1.29, 1.82) is 0 Å². The van der Waals surface area contributed by atoms with Gasteiger partial charge in [0.05, 0.1) is 17.3 Å². The molecule has 0 unspecified atom stereocenters. The van der Waals surface area contributed by atoms with Gasteiger partial charge in [-0.2, -0.15) is 0 Å². The summed E-state index contributed by atoms with van der Waals surface area (Å²) >= 11 is 3.03. The van der Waals surface area contributed by atoms with Crippen LogP contribution in [0.2, 0.25) is 0 Å². The van der Waals surface area contributed by atoms with Gasteiger partial charge in [0.2, 0.25) is 5.91 Å². The summed E-state index contributed by atoms with van der Waals surface area (Å²) in [5.74, 6) is -0.834. The Labute approximate surface area is 141 Å². The molecule has 120 valence electrons. The summed E-state index contributed by atoms with van der Waals surface area (Å²) in [4.78, 5) is 23.4. The number of anilines is 2. The van der Waals surface area contributed by atoms with Crippen molar-refractivity contribution in [3.8, 4) is 5.75 Å². The van der Waals surface area contributed by atoms with E-state index in [1.165, 1.54) is 26.2 Å². The predicted octanol–water partition coefficient (Wildman–Crippen LogP) is 3.81. The first kappa shape index (κ1) is 17.0. The van der Waals surface area contributed by atoms with Crippen LogP contribution in [-0.4, -0.2) is 18.9 Å². The van der Waals surface area contributed by atoms with Crippen LogP contribution in [-0.2, 0) is 4.79 Å². The summed E-state index contributed by atoms with van der Waals surface area (Å²) in [6.45, 7) is 1.38. The Bertz CT molecular complexity index is 765. The van der Waals surface area contributed by atoms with E-state index in [4.69, 9.17) is 4.74 Å². The third kappa shape index (κ3) is 4.29. The van der Waals surface area contributed by atoms with Crippen molar-refractivity contribution >= 4 is 39.1 Å². The number of halogens is 2. The van der Waals surface area contributed by atoms with E-state index in [2.05, 4.69) is 26.6 Å². The zero-order valence-corrected chi connectivity index (χ0v) is 14.0. The first-order valence-electron chi connectivity index (χ1n) is 6.62. The zero-order valence-electron chi connectivity index (χ0n) is 12.4. The molecule has 2 aromatic rings. The van der Waals surface area contributed by atoms with E-state index >= 15 is 0 Å². The molecular formula is C16H14BrFN2O3. The third-order valence-corrected chi connectivity index (χ3v) is 3.59. The SMILES string of the molecule is COc1ccc(NC(C)=O)cc1NC(=O)c1ccc(Br)c(F)c1. The Morgan fingerprint density at radius 1 is 1.13 bits per heavy atom. The molecule has 0 aliphatic carbocycles. The molecule has 0 saturated carbocycles. The van der Waals surface area contributed by atoms with Crippen molar-refractivity contribution in [1.82, 2.24) is 0 Å². The highest BCUT2D eigenvalue weighted by Crippen LogP contribution is 2.28. The van der Waals surface area contributed by atoms with Crippen LogP contribution < -0.4 is 15.4 Å². The maximum absolute atomic E-state index is 13.5. The van der Waals surface area contributed by atoms with E-state index in [-0.39, 0.29) is 15.9 Å². The highest BCUT2D eigenvalue weighted by Gasteiger charge is 2.12. The summed E-state index contributed by atoms with van der Waals surface area (Å²) in [5.41, 5.74) is 1.04. The normalized spacial score (nSPS) is 10.1. The smallest absolute Gasteiger partial charge is 0.255 e. The molecule has 2 aromatic carbocycles. The molecule has 0 bridgehead atoms. The van der Waals surface area contributed by atoms with Crippen molar-refractivity contribution < 1.29 is 18.7 Å². The minimum absolute atomic E-state index is 0.165. The van der Waals surface area contributed by atoms with Crippen molar-refractivity contribution in [2.45, 2.75) is 6.92 Å². The van der Waals surface area contributed by atoms with Crippen molar-refractivity contribution in [3.63, 3.8) is 0 Å². The van der Waals surface area contributed by atoms with Crippen LogP contribution in [0, 0.1) is 5.82 Å². The number of methoxy groups -OCH3 is 1. The number of benzene rings is 2. The number of ether oxygens (including phenoxy) is 1. The maximum atomic E-state index is 13.5. The number of nitrogens with one attached hydrogen (secondary N) is 2. The van der Waals surface area contributed by atoms with E-state index in [0.717, 1.165) is 6.07 Å². The number of hydrogen-bond acceptors (Lipinski definition) is 3. The van der Waals surface area contributed by atoms with Gasteiger partial charge in [0.1, 0.15) is 11.6 Å². The van der Waals surface area contributed by atoms with Gasteiger partial charge in [-0.15, -0.1) is 0 Å². The minimum atomic E-state index is -0.531. The van der Waals surface area contributed by atoms with E-state index in [0.29, 0.717) is 17.1 Å². The van der Waals surface area contributed by atoms with Gasteiger partial charge in [-0.1, -0.05) is 0 Å². The quantitative estimate of drug-likeness (QED) is 0.847. The average molecular weight is 381 g/mol. The lowest BCUT2D eigenvalue weighted by Crippen LogP contribution is -2.14. The van der Waals surface area contributed by atoms with Gasteiger partial charge in [-0.05, 0) is 52.3 Å². The van der Waals surface area contributed by atoms with Crippen molar-refractivity contribution in [3.05, 3.63) is 52.3 Å². The Morgan fingerprint density at radius 3 is 2.48 bits per heavy atom. The highest BCUT2D eigenvalue weighted by atomic mass is 79.9. The number of carbonyl (C=O) groups excluding carboxylic acids is 2. The average Bonchev–Trinajstić information content (AvgIpc) is 2.49. The molecule has 2 rings (SSSR count). The van der Waals surface area contributed by atoms with Gasteiger partial charge in [0.25, 0.3) is 5.91 Å². The second-order valence-corrected chi connectivity index (χ2v) is 5.53. The molecule has 5 nitrogen and oxygen atoms in total. The molecule has 0 aromatic heterocycles. The molecule has 0 saturated heterocycles. The molecule has 0 heterocycles. The lowest BCUT2D eigenvalue weighted by atomic mass is 10.2. The summed E-state index contributed by atoms with van der Waals surface area (Å²) < 4.78 is 19.0. The number of hydrogen-bond donors (Lipinski definition) is 2. The maximum Gasteiger partial charge on any atom is 0.255 e. The Morgan fingerprint density at radius 2 is 1.87 bits per heavy atom. The van der Waals surface area contributed by atoms with Crippen LogP contribution >= 0.6 is 15.9 Å². The summed E-state index contributed by atoms with van der Waals surface area (Å²) in [6, 6.07) is 8.90. The van der Waals surface area contributed by atoms with Crippen molar-refractivity contribution in [2.24, 2.45) is 0 Å². The molecular weight excluding hydrogens is 367 g/mol. The van der Waals surface area contributed by atoms with Crippen LogP contribution in [0.4, 0.5) is 15.8 Å². The second-order valence-electron chi connectivity index (χ2n) is 4.68.